The second-order valence-electron chi connectivity index (χ2n) is 7.18. The zero-order valence-electron chi connectivity index (χ0n) is 11.0. The molecule has 0 aromatic carbocycles. The SMILES string of the molecule is CC1=CC[C@@]2(O)C(C)(C)[C@@H]3CC[C@@]2(C)[C@H]1C3. The molecule has 0 aliphatic heterocycles. The average molecular weight is 220 g/mol. The highest BCUT2D eigenvalue weighted by Gasteiger charge is 2.68. The fourth-order valence-corrected chi connectivity index (χ4v) is 5.17. The van der Waals surface area contributed by atoms with Crippen molar-refractivity contribution in [2.75, 3.05) is 0 Å². The summed E-state index contributed by atoms with van der Waals surface area (Å²) in [4.78, 5) is 0. The lowest BCUT2D eigenvalue weighted by Crippen LogP contribution is -2.69. The third-order valence-electron chi connectivity index (χ3n) is 6.60. The van der Waals surface area contributed by atoms with Crippen LogP contribution in [0.3, 0.4) is 0 Å². The summed E-state index contributed by atoms with van der Waals surface area (Å²) in [5.74, 6) is 1.35. The topological polar surface area (TPSA) is 20.2 Å². The van der Waals surface area contributed by atoms with E-state index in [1.807, 2.05) is 0 Å². The van der Waals surface area contributed by atoms with Gasteiger partial charge in [0, 0.05) is 5.41 Å². The third-order valence-corrected chi connectivity index (χ3v) is 6.60. The van der Waals surface area contributed by atoms with E-state index in [9.17, 15) is 5.11 Å². The Hall–Kier alpha value is -0.300. The van der Waals surface area contributed by atoms with E-state index in [1.165, 1.54) is 24.8 Å². The van der Waals surface area contributed by atoms with Crippen LogP contribution in [0, 0.1) is 22.7 Å². The summed E-state index contributed by atoms with van der Waals surface area (Å²) in [5, 5.41) is 11.3. The lowest BCUT2D eigenvalue weighted by Gasteiger charge is -2.69. The minimum absolute atomic E-state index is 0.0910. The van der Waals surface area contributed by atoms with Crippen molar-refractivity contribution in [3.8, 4) is 0 Å². The van der Waals surface area contributed by atoms with Gasteiger partial charge in [-0.3, -0.25) is 0 Å². The molecular weight excluding hydrogens is 196 g/mol. The number of hydrogen-bond donors (Lipinski definition) is 1. The van der Waals surface area contributed by atoms with E-state index in [2.05, 4.69) is 33.8 Å². The number of allylic oxidation sites excluding steroid dienone is 1. The summed E-state index contributed by atoms with van der Waals surface area (Å²) in [6.07, 6.45) is 7.00. The van der Waals surface area contributed by atoms with Crippen molar-refractivity contribution in [3.05, 3.63) is 11.6 Å². The quantitative estimate of drug-likeness (QED) is 0.619. The molecular formula is C15H24O. The van der Waals surface area contributed by atoms with E-state index >= 15 is 0 Å². The van der Waals surface area contributed by atoms with Crippen LogP contribution in [0.4, 0.5) is 0 Å². The highest BCUT2D eigenvalue weighted by Crippen LogP contribution is 2.70. The van der Waals surface area contributed by atoms with Crippen LogP contribution in [-0.4, -0.2) is 10.7 Å². The van der Waals surface area contributed by atoms with Crippen molar-refractivity contribution in [2.24, 2.45) is 22.7 Å². The van der Waals surface area contributed by atoms with E-state index in [-0.39, 0.29) is 10.8 Å². The van der Waals surface area contributed by atoms with Gasteiger partial charge in [-0.15, -0.1) is 0 Å². The fourth-order valence-electron chi connectivity index (χ4n) is 5.17. The van der Waals surface area contributed by atoms with Crippen LogP contribution in [-0.2, 0) is 0 Å². The third kappa shape index (κ3) is 0.895. The first-order valence-electron chi connectivity index (χ1n) is 6.72. The first-order valence-corrected chi connectivity index (χ1v) is 6.72. The van der Waals surface area contributed by atoms with Crippen molar-refractivity contribution >= 4 is 0 Å². The Morgan fingerprint density at radius 2 is 2.00 bits per heavy atom. The lowest BCUT2D eigenvalue weighted by molar-refractivity contribution is -0.259. The molecule has 1 N–H and O–H groups in total. The maximum Gasteiger partial charge on any atom is 0.0794 e. The molecule has 0 spiro atoms. The molecule has 3 fully saturated rings. The van der Waals surface area contributed by atoms with Crippen LogP contribution >= 0.6 is 0 Å². The Kier molecular flexibility index (Phi) is 1.86. The highest BCUT2D eigenvalue weighted by molar-refractivity contribution is 5.29. The van der Waals surface area contributed by atoms with Crippen molar-refractivity contribution in [1.29, 1.82) is 0 Å². The van der Waals surface area contributed by atoms with Gasteiger partial charge in [-0.1, -0.05) is 32.4 Å². The van der Waals surface area contributed by atoms with Crippen molar-refractivity contribution in [3.63, 3.8) is 0 Å². The zero-order chi connectivity index (χ0) is 11.8. The second-order valence-corrected chi connectivity index (χ2v) is 7.18. The summed E-state index contributed by atoms with van der Waals surface area (Å²) < 4.78 is 0. The smallest absolute Gasteiger partial charge is 0.0794 e. The first kappa shape index (κ1) is 10.8. The Balaban J connectivity index is 2.20. The zero-order valence-corrected chi connectivity index (χ0v) is 11.0. The molecule has 4 rings (SSSR count). The molecule has 0 saturated heterocycles. The number of rotatable bonds is 0. The van der Waals surface area contributed by atoms with Gasteiger partial charge in [-0.05, 0) is 49.9 Å². The molecule has 0 radical (unpaired) electrons. The van der Waals surface area contributed by atoms with Crippen LogP contribution in [0.2, 0.25) is 0 Å². The minimum Gasteiger partial charge on any atom is -0.388 e. The molecule has 0 amide bonds. The lowest BCUT2D eigenvalue weighted by atomic mass is 9.37. The molecule has 4 atom stereocenters. The van der Waals surface area contributed by atoms with E-state index < -0.39 is 5.60 Å². The number of hydrogen-bond acceptors (Lipinski definition) is 1. The van der Waals surface area contributed by atoms with Gasteiger partial charge in [0.25, 0.3) is 0 Å². The maximum atomic E-state index is 11.3. The Bertz CT molecular complexity index is 368. The van der Waals surface area contributed by atoms with Gasteiger partial charge in [0.2, 0.25) is 0 Å². The Labute approximate surface area is 98.9 Å². The van der Waals surface area contributed by atoms with Gasteiger partial charge in [-0.25, -0.2) is 0 Å². The summed E-state index contributed by atoms with van der Waals surface area (Å²) in [5.41, 5.74) is 1.29. The van der Waals surface area contributed by atoms with E-state index in [0.717, 1.165) is 6.42 Å². The molecule has 16 heavy (non-hydrogen) atoms. The van der Waals surface area contributed by atoms with Crippen molar-refractivity contribution in [1.82, 2.24) is 0 Å². The number of fused-ring (bicyclic) bond motifs is 1. The normalized spacial score (nSPS) is 53.7. The minimum atomic E-state index is -0.467. The number of aliphatic hydroxyl groups is 1. The second kappa shape index (κ2) is 2.75. The molecule has 4 aliphatic carbocycles. The Morgan fingerprint density at radius 1 is 1.31 bits per heavy atom. The molecule has 0 unspecified atom stereocenters. The summed E-state index contributed by atoms with van der Waals surface area (Å²) in [7, 11) is 0. The van der Waals surface area contributed by atoms with Crippen LogP contribution in [0.25, 0.3) is 0 Å². The molecule has 0 heterocycles. The monoisotopic (exact) mass is 220 g/mol. The van der Waals surface area contributed by atoms with Gasteiger partial charge in [0.15, 0.2) is 0 Å². The van der Waals surface area contributed by atoms with Crippen LogP contribution < -0.4 is 0 Å². The van der Waals surface area contributed by atoms with Crippen LogP contribution in [0.15, 0.2) is 11.6 Å². The predicted octanol–water partition coefficient (Wildman–Crippen LogP) is 3.53. The Morgan fingerprint density at radius 3 is 2.69 bits per heavy atom. The summed E-state index contributed by atoms with van der Waals surface area (Å²) in [6, 6.07) is 0. The molecule has 0 aromatic heterocycles. The highest BCUT2D eigenvalue weighted by atomic mass is 16.3. The first-order chi connectivity index (χ1) is 7.33. The average Bonchev–Trinajstić information content (AvgIpc) is 2.22. The molecule has 4 bridgehead atoms. The molecule has 90 valence electrons. The van der Waals surface area contributed by atoms with Crippen molar-refractivity contribution < 1.29 is 5.11 Å². The van der Waals surface area contributed by atoms with Crippen LogP contribution in [0.5, 0.6) is 0 Å². The molecule has 1 heteroatoms. The maximum absolute atomic E-state index is 11.3. The van der Waals surface area contributed by atoms with Gasteiger partial charge >= 0.3 is 0 Å². The van der Waals surface area contributed by atoms with E-state index in [4.69, 9.17) is 0 Å². The van der Waals surface area contributed by atoms with Crippen molar-refractivity contribution in [2.45, 2.75) is 59.0 Å². The van der Waals surface area contributed by atoms with E-state index in [1.54, 1.807) is 0 Å². The standard InChI is InChI=1S/C15H24O/c1-10-5-8-15(16)13(2,3)11-6-7-14(15,4)12(10)9-11/h5,11-12,16H,6-9H2,1-4H3/t11-,12+,14+,15-/m1/s1. The van der Waals surface area contributed by atoms with Gasteiger partial charge < -0.3 is 5.11 Å². The molecule has 4 aliphatic rings. The summed E-state index contributed by atoms with van der Waals surface area (Å²) in [6.45, 7) is 9.19. The predicted molar refractivity (Wildman–Crippen MR) is 66.0 cm³/mol. The molecule has 1 nitrogen and oxygen atoms in total. The molecule has 3 saturated carbocycles. The largest absolute Gasteiger partial charge is 0.388 e. The van der Waals surface area contributed by atoms with Gasteiger partial charge in [0.05, 0.1) is 5.60 Å². The van der Waals surface area contributed by atoms with E-state index in [0.29, 0.717) is 11.8 Å². The fraction of sp³-hybridized carbons (Fsp3) is 0.867. The molecule has 0 aromatic rings. The summed E-state index contributed by atoms with van der Waals surface area (Å²) >= 11 is 0. The van der Waals surface area contributed by atoms with Gasteiger partial charge in [-0.2, -0.15) is 0 Å². The van der Waals surface area contributed by atoms with Crippen LogP contribution in [0.1, 0.15) is 53.4 Å². The van der Waals surface area contributed by atoms with Gasteiger partial charge in [0.1, 0.15) is 0 Å².